The van der Waals surface area contributed by atoms with Gasteiger partial charge in [0.15, 0.2) is 5.82 Å². The van der Waals surface area contributed by atoms with Crippen LogP contribution in [0.15, 0.2) is 12.1 Å². The number of nitrogen functional groups attached to an aromatic ring is 1. The number of anilines is 2. The van der Waals surface area contributed by atoms with Gasteiger partial charge >= 0.3 is 0 Å². The van der Waals surface area contributed by atoms with Crippen molar-refractivity contribution >= 4 is 23.1 Å². The molecule has 0 bridgehead atoms. The van der Waals surface area contributed by atoms with E-state index in [1.165, 1.54) is 44.9 Å². The Morgan fingerprint density at radius 1 is 1.05 bits per heavy atom. The minimum atomic E-state index is 0.530. The van der Waals surface area contributed by atoms with Gasteiger partial charge in [0.25, 0.3) is 0 Å². The third kappa shape index (κ3) is 2.66. The summed E-state index contributed by atoms with van der Waals surface area (Å²) in [7, 11) is 0. The lowest BCUT2D eigenvalue weighted by atomic mass is 9.68. The molecule has 19 heavy (non-hydrogen) atoms. The number of aromatic nitrogens is 1. The first-order valence-electron chi connectivity index (χ1n) is 7.36. The molecule has 3 nitrogen and oxygen atoms in total. The molecule has 0 unspecified atom stereocenters. The van der Waals surface area contributed by atoms with Gasteiger partial charge in [-0.15, -0.1) is 0 Å². The SMILES string of the molecule is Nc1ccc(Cl)nc1N1CCC2(CCCCC2)CC1. The first-order chi connectivity index (χ1) is 9.19. The van der Waals surface area contributed by atoms with E-state index in [1.54, 1.807) is 6.07 Å². The molecule has 2 fully saturated rings. The van der Waals surface area contributed by atoms with E-state index in [1.807, 2.05) is 6.07 Å². The minimum absolute atomic E-state index is 0.530. The van der Waals surface area contributed by atoms with E-state index < -0.39 is 0 Å². The lowest BCUT2D eigenvalue weighted by Crippen LogP contribution is -2.41. The maximum atomic E-state index is 6.03. The minimum Gasteiger partial charge on any atom is -0.396 e. The topological polar surface area (TPSA) is 42.1 Å². The van der Waals surface area contributed by atoms with Gasteiger partial charge in [-0.25, -0.2) is 4.98 Å². The number of hydrogen-bond acceptors (Lipinski definition) is 3. The molecular weight excluding hydrogens is 258 g/mol. The summed E-state index contributed by atoms with van der Waals surface area (Å²) < 4.78 is 0. The highest BCUT2D eigenvalue weighted by molar-refractivity contribution is 6.29. The lowest BCUT2D eigenvalue weighted by Gasteiger charge is -2.44. The van der Waals surface area contributed by atoms with Crippen LogP contribution in [-0.4, -0.2) is 18.1 Å². The summed E-state index contributed by atoms with van der Waals surface area (Å²) in [5.41, 5.74) is 7.38. The van der Waals surface area contributed by atoms with Crippen molar-refractivity contribution in [3.8, 4) is 0 Å². The number of nitrogens with two attached hydrogens (primary N) is 1. The molecule has 3 rings (SSSR count). The number of hydrogen-bond donors (Lipinski definition) is 1. The number of pyridine rings is 1. The summed E-state index contributed by atoms with van der Waals surface area (Å²) in [6.07, 6.45) is 9.64. The van der Waals surface area contributed by atoms with Gasteiger partial charge in [0.2, 0.25) is 0 Å². The Balaban J connectivity index is 1.71. The Bertz CT molecular complexity index is 445. The van der Waals surface area contributed by atoms with Crippen LogP contribution in [0.1, 0.15) is 44.9 Å². The van der Waals surface area contributed by atoms with Crippen LogP contribution >= 0.6 is 11.6 Å². The third-order valence-electron chi connectivity index (χ3n) is 4.91. The zero-order valence-corrected chi connectivity index (χ0v) is 12.1. The summed E-state index contributed by atoms with van der Waals surface area (Å²) in [6, 6.07) is 3.61. The van der Waals surface area contributed by atoms with Crippen LogP contribution in [0.25, 0.3) is 0 Å². The average Bonchev–Trinajstić information content (AvgIpc) is 2.44. The van der Waals surface area contributed by atoms with Crippen molar-refractivity contribution in [3.05, 3.63) is 17.3 Å². The molecule has 4 heteroatoms. The van der Waals surface area contributed by atoms with Crippen LogP contribution in [-0.2, 0) is 0 Å². The molecule has 1 aliphatic heterocycles. The predicted molar refractivity (Wildman–Crippen MR) is 80.6 cm³/mol. The van der Waals surface area contributed by atoms with E-state index in [0.717, 1.165) is 24.6 Å². The molecule has 2 N–H and O–H groups in total. The zero-order chi connectivity index (χ0) is 13.3. The van der Waals surface area contributed by atoms with Crippen LogP contribution in [0.4, 0.5) is 11.5 Å². The maximum Gasteiger partial charge on any atom is 0.153 e. The predicted octanol–water partition coefficient (Wildman–Crippen LogP) is 3.87. The molecule has 1 spiro atoms. The van der Waals surface area contributed by atoms with E-state index >= 15 is 0 Å². The van der Waals surface area contributed by atoms with Gasteiger partial charge < -0.3 is 10.6 Å². The molecule has 0 aromatic carbocycles. The monoisotopic (exact) mass is 279 g/mol. The molecule has 1 aliphatic carbocycles. The van der Waals surface area contributed by atoms with Crippen LogP contribution in [0.3, 0.4) is 0 Å². The highest BCUT2D eigenvalue weighted by atomic mass is 35.5. The maximum absolute atomic E-state index is 6.03. The molecule has 0 radical (unpaired) electrons. The first-order valence-corrected chi connectivity index (χ1v) is 7.73. The number of nitrogens with zero attached hydrogens (tertiary/aromatic N) is 2. The normalized spacial score (nSPS) is 22.7. The standard InChI is InChI=1S/C15H22ClN3/c16-13-5-4-12(17)14(18-13)19-10-8-15(9-11-19)6-2-1-3-7-15/h4-5H,1-3,6-11,17H2. The number of rotatable bonds is 1. The average molecular weight is 280 g/mol. The molecule has 0 atom stereocenters. The molecule has 1 saturated carbocycles. The van der Waals surface area contributed by atoms with Crippen LogP contribution in [0.2, 0.25) is 5.15 Å². The quantitative estimate of drug-likeness (QED) is 0.794. The Kier molecular flexibility index (Phi) is 3.57. The van der Waals surface area contributed by atoms with Crippen molar-refractivity contribution < 1.29 is 0 Å². The van der Waals surface area contributed by atoms with E-state index in [9.17, 15) is 0 Å². The van der Waals surface area contributed by atoms with E-state index in [4.69, 9.17) is 17.3 Å². The van der Waals surface area contributed by atoms with E-state index in [-0.39, 0.29) is 0 Å². The zero-order valence-electron chi connectivity index (χ0n) is 11.4. The Morgan fingerprint density at radius 2 is 1.74 bits per heavy atom. The highest BCUT2D eigenvalue weighted by Gasteiger charge is 2.36. The van der Waals surface area contributed by atoms with Gasteiger partial charge in [0.05, 0.1) is 5.69 Å². The number of halogens is 1. The van der Waals surface area contributed by atoms with Gasteiger partial charge in [0, 0.05) is 13.1 Å². The van der Waals surface area contributed by atoms with Gasteiger partial charge in [0.1, 0.15) is 5.15 Å². The fourth-order valence-electron chi connectivity index (χ4n) is 3.68. The van der Waals surface area contributed by atoms with Crippen molar-refractivity contribution in [2.45, 2.75) is 44.9 Å². The van der Waals surface area contributed by atoms with Crippen LogP contribution in [0.5, 0.6) is 0 Å². The van der Waals surface area contributed by atoms with Crippen molar-refractivity contribution in [1.29, 1.82) is 0 Å². The molecule has 1 aromatic heterocycles. The molecule has 2 heterocycles. The van der Waals surface area contributed by atoms with Gasteiger partial charge in [-0.3, -0.25) is 0 Å². The van der Waals surface area contributed by atoms with Crippen LogP contribution < -0.4 is 10.6 Å². The van der Waals surface area contributed by atoms with E-state index in [2.05, 4.69) is 9.88 Å². The van der Waals surface area contributed by atoms with Gasteiger partial charge in [-0.05, 0) is 43.2 Å². The van der Waals surface area contributed by atoms with Gasteiger partial charge in [-0.1, -0.05) is 30.9 Å². The molecular formula is C15H22ClN3. The Labute approximate surface area is 120 Å². The fraction of sp³-hybridized carbons (Fsp3) is 0.667. The Hall–Kier alpha value is -0.960. The molecule has 1 aromatic rings. The molecule has 1 saturated heterocycles. The summed E-state index contributed by atoms with van der Waals surface area (Å²) >= 11 is 5.98. The van der Waals surface area contributed by atoms with Gasteiger partial charge in [-0.2, -0.15) is 0 Å². The second kappa shape index (κ2) is 5.20. The Morgan fingerprint density at radius 3 is 2.42 bits per heavy atom. The first kappa shape index (κ1) is 13.0. The second-order valence-corrected chi connectivity index (χ2v) is 6.48. The van der Waals surface area contributed by atoms with Crippen molar-refractivity contribution in [2.24, 2.45) is 5.41 Å². The van der Waals surface area contributed by atoms with Crippen molar-refractivity contribution in [3.63, 3.8) is 0 Å². The summed E-state index contributed by atoms with van der Waals surface area (Å²) in [4.78, 5) is 6.70. The van der Waals surface area contributed by atoms with E-state index in [0.29, 0.717) is 10.6 Å². The van der Waals surface area contributed by atoms with Crippen molar-refractivity contribution in [2.75, 3.05) is 23.7 Å². The smallest absolute Gasteiger partial charge is 0.153 e. The largest absolute Gasteiger partial charge is 0.396 e. The highest BCUT2D eigenvalue weighted by Crippen LogP contribution is 2.45. The molecule has 2 aliphatic rings. The third-order valence-corrected chi connectivity index (χ3v) is 5.12. The lowest BCUT2D eigenvalue weighted by molar-refractivity contribution is 0.144. The number of piperidine rings is 1. The molecule has 0 amide bonds. The summed E-state index contributed by atoms with van der Waals surface area (Å²) in [5.74, 6) is 0.873. The fourth-order valence-corrected chi connectivity index (χ4v) is 3.83. The second-order valence-electron chi connectivity index (χ2n) is 6.09. The van der Waals surface area contributed by atoms with Crippen molar-refractivity contribution in [1.82, 2.24) is 4.98 Å². The van der Waals surface area contributed by atoms with Crippen LogP contribution in [0, 0.1) is 5.41 Å². The summed E-state index contributed by atoms with van der Waals surface area (Å²) in [5, 5.41) is 0.530. The molecule has 104 valence electrons. The summed E-state index contributed by atoms with van der Waals surface area (Å²) in [6.45, 7) is 2.13.